The van der Waals surface area contributed by atoms with Gasteiger partial charge in [-0.3, -0.25) is 9.59 Å². The third-order valence-corrected chi connectivity index (χ3v) is 5.79. The number of aromatic nitrogens is 1. The molecule has 3 aromatic rings. The summed E-state index contributed by atoms with van der Waals surface area (Å²) in [6.07, 6.45) is 1.16. The average Bonchev–Trinajstić information content (AvgIpc) is 3.13. The number of carbonyl (C=O) groups is 2. The van der Waals surface area contributed by atoms with E-state index < -0.39 is 12.0 Å². The zero-order valence-electron chi connectivity index (χ0n) is 15.3. The van der Waals surface area contributed by atoms with Crippen LogP contribution >= 0.6 is 11.3 Å². The van der Waals surface area contributed by atoms with Crippen molar-refractivity contribution in [3.63, 3.8) is 0 Å². The van der Waals surface area contributed by atoms with E-state index in [1.807, 2.05) is 6.07 Å². The molecule has 1 aliphatic heterocycles. The summed E-state index contributed by atoms with van der Waals surface area (Å²) in [6, 6.07) is 9.12. The Morgan fingerprint density at radius 3 is 2.86 bits per heavy atom. The molecule has 0 saturated carbocycles. The highest BCUT2D eigenvalue weighted by atomic mass is 32.1. The van der Waals surface area contributed by atoms with Gasteiger partial charge in [0.15, 0.2) is 6.61 Å². The summed E-state index contributed by atoms with van der Waals surface area (Å²) in [6.45, 7) is 0.830. The van der Waals surface area contributed by atoms with Crippen molar-refractivity contribution >= 4 is 33.4 Å². The van der Waals surface area contributed by atoms with Crippen molar-refractivity contribution < 1.29 is 23.5 Å². The molecule has 4 rings (SSSR count). The molecule has 150 valence electrons. The number of morpholine rings is 1. The van der Waals surface area contributed by atoms with E-state index in [-0.39, 0.29) is 24.9 Å². The van der Waals surface area contributed by atoms with Crippen LogP contribution in [0.3, 0.4) is 0 Å². The number of nitrogens with zero attached hydrogens (tertiary/aromatic N) is 2. The molecule has 3 heterocycles. The lowest BCUT2D eigenvalue weighted by Gasteiger charge is -2.33. The van der Waals surface area contributed by atoms with Crippen LogP contribution in [0, 0.1) is 5.82 Å². The number of hydrogen-bond donors (Lipinski definition) is 1. The molecular formula is C20H18FN3O4S. The SMILES string of the molecule is NC(=O)c1sc2ncccc2c1[C@@H]1CN(C(=O)COc2ccc(F)cc2)CCO1. The topological polar surface area (TPSA) is 94.8 Å². The molecule has 9 heteroatoms. The summed E-state index contributed by atoms with van der Waals surface area (Å²) in [5.41, 5.74) is 6.23. The van der Waals surface area contributed by atoms with Crippen LogP contribution in [0.2, 0.25) is 0 Å². The minimum absolute atomic E-state index is 0.174. The monoisotopic (exact) mass is 415 g/mol. The van der Waals surface area contributed by atoms with Crippen LogP contribution in [-0.2, 0) is 9.53 Å². The van der Waals surface area contributed by atoms with Gasteiger partial charge in [-0.25, -0.2) is 9.37 Å². The van der Waals surface area contributed by atoms with Gasteiger partial charge >= 0.3 is 0 Å². The van der Waals surface area contributed by atoms with Gasteiger partial charge in [0.1, 0.15) is 27.4 Å². The van der Waals surface area contributed by atoms with Crippen molar-refractivity contribution in [3.05, 3.63) is 58.9 Å². The highest BCUT2D eigenvalue weighted by molar-refractivity contribution is 7.20. The number of amides is 2. The fourth-order valence-electron chi connectivity index (χ4n) is 3.27. The molecule has 29 heavy (non-hydrogen) atoms. The molecule has 1 aromatic carbocycles. The van der Waals surface area contributed by atoms with Crippen LogP contribution in [0.4, 0.5) is 4.39 Å². The van der Waals surface area contributed by atoms with E-state index in [9.17, 15) is 14.0 Å². The summed E-state index contributed by atoms with van der Waals surface area (Å²) >= 11 is 1.22. The van der Waals surface area contributed by atoms with Gasteiger partial charge in [-0.1, -0.05) is 6.07 Å². The number of rotatable bonds is 5. The molecule has 0 unspecified atom stereocenters. The van der Waals surface area contributed by atoms with E-state index in [1.54, 1.807) is 17.2 Å². The second kappa shape index (κ2) is 8.14. The Balaban J connectivity index is 1.50. The van der Waals surface area contributed by atoms with Crippen molar-refractivity contribution in [2.45, 2.75) is 6.10 Å². The first-order valence-electron chi connectivity index (χ1n) is 8.98. The van der Waals surface area contributed by atoms with Gasteiger partial charge in [0, 0.05) is 23.7 Å². The Morgan fingerprint density at radius 2 is 2.10 bits per heavy atom. The number of carbonyl (C=O) groups excluding carboxylic acids is 2. The van der Waals surface area contributed by atoms with Crippen LogP contribution in [0.1, 0.15) is 21.3 Å². The Hall–Kier alpha value is -3.04. The molecule has 0 spiro atoms. The van der Waals surface area contributed by atoms with Crippen molar-refractivity contribution in [1.29, 1.82) is 0 Å². The summed E-state index contributed by atoms with van der Waals surface area (Å²) in [5.74, 6) is -0.728. The number of nitrogens with two attached hydrogens (primary N) is 1. The third-order valence-electron chi connectivity index (χ3n) is 4.65. The van der Waals surface area contributed by atoms with Crippen LogP contribution < -0.4 is 10.5 Å². The lowest BCUT2D eigenvalue weighted by atomic mass is 10.0. The van der Waals surface area contributed by atoms with E-state index >= 15 is 0 Å². The van der Waals surface area contributed by atoms with Crippen molar-refractivity contribution in [3.8, 4) is 5.75 Å². The number of benzene rings is 1. The number of fused-ring (bicyclic) bond motifs is 1. The molecule has 1 aliphatic rings. The number of hydrogen-bond acceptors (Lipinski definition) is 6. The summed E-state index contributed by atoms with van der Waals surface area (Å²) in [4.78, 5) is 31.6. The molecule has 1 fully saturated rings. The maximum absolute atomic E-state index is 13.0. The van der Waals surface area contributed by atoms with Gasteiger partial charge in [0.25, 0.3) is 11.8 Å². The van der Waals surface area contributed by atoms with Crippen LogP contribution in [0.5, 0.6) is 5.75 Å². The molecular weight excluding hydrogens is 397 g/mol. The Bertz CT molecular complexity index is 1050. The van der Waals surface area contributed by atoms with Gasteiger partial charge in [-0.05, 0) is 30.3 Å². The molecule has 7 nitrogen and oxygen atoms in total. The van der Waals surface area contributed by atoms with Crippen molar-refractivity contribution in [2.24, 2.45) is 5.73 Å². The van der Waals surface area contributed by atoms with Crippen LogP contribution in [-0.4, -0.2) is 48.0 Å². The molecule has 1 saturated heterocycles. The smallest absolute Gasteiger partial charge is 0.260 e. The average molecular weight is 415 g/mol. The zero-order chi connectivity index (χ0) is 20.4. The van der Waals surface area contributed by atoms with Crippen LogP contribution in [0.15, 0.2) is 42.6 Å². The largest absolute Gasteiger partial charge is 0.484 e. The molecule has 0 radical (unpaired) electrons. The highest BCUT2D eigenvalue weighted by Gasteiger charge is 2.31. The lowest BCUT2D eigenvalue weighted by Crippen LogP contribution is -2.44. The van der Waals surface area contributed by atoms with Gasteiger partial charge in [-0.2, -0.15) is 0 Å². The summed E-state index contributed by atoms with van der Waals surface area (Å²) < 4.78 is 24.3. The van der Waals surface area contributed by atoms with E-state index in [1.165, 1.54) is 35.6 Å². The Labute approximate surface area is 169 Å². The predicted molar refractivity (Wildman–Crippen MR) is 105 cm³/mol. The first-order valence-corrected chi connectivity index (χ1v) is 9.79. The van der Waals surface area contributed by atoms with Gasteiger partial charge in [-0.15, -0.1) is 11.3 Å². The minimum Gasteiger partial charge on any atom is -0.484 e. The van der Waals surface area contributed by atoms with Gasteiger partial charge in [0.2, 0.25) is 0 Å². The molecule has 1 atom stereocenters. The summed E-state index contributed by atoms with van der Waals surface area (Å²) in [7, 11) is 0. The Morgan fingerprint density at radius 1 is 1.31 bits per heavy atom. The second-order valence-electron chi connectivity index (χ2n) is 6.51. The van der Waals surface area contributed by atoms with E-state index in [2.05, 4.69) is 4.98 Å². The van der Waals surface area contributed by atoms with Crippen molar-refractivity contribution in [1.82, 2.24) is 9.88 Å². The van der Waals surface area contributed by atoms with Gasteiger partial charge in [0.05, 0.1) is 13.2 Å². The van der Waals surface area contributed by atoms with E-state index in [0.717, 1.165) is 5.39 Å². The second-order valence-corrected chi connectivity index (χ2v) is 7.51. The zero-order valence-corrected chi connectivity index (χ0v) is 16.2. The maximum atomic E-state index is 13.0. The fraction of sp³-hybridized carbons (Fsp3) is 0.250. The quantitative estimate of drug-likeness (QED) is 0.691. The van der Waals surface area contributed by atoms with Crippen molar-refractivity contribution in [2.75, 3.05) is 26.3 Å². The molecule has 2 aromatic heterocycles. The molecule has 2 amide bonds. The minimum atomic E-state index is -0.547. The highest BCUT2D eigenvalue weighted by Crippen LogP contribution is 2.37. The Kier molecular flexibility index (Phi) is 5.41. The third kappa shape index (κ3) is 4.06. The van der Waals surface area contributed by atoms with Crippen LogP contribution in [0.25, 0.3) is 10.2 Å². The fourth-order valence-corrected chi connectivity index (χ4v) is 4.32. The molecule has 0 aliphatic carbocycles. The van der Waals surface area contributed by atoms with E-state index in [0.29, 0.717) is 34.2 Å². The number of thiophene rings is 1. The molecule has 0 bridgehead atoms. The lowest BCUT2D eigenvalue weighted by molar-refractivity contribution is -0.141. The first-order chi connectivity index (χ1) is 14.0. The summed E-state index contributed by atoms with van der Waals surface area (Å²) in [5, 5.41) is 0.799. The molecule has 2 N–H and O–H groups in total. The normalized spacial score (nSPS) is 16.7. The number of primary amides is 1. The van der Waals surface area contributed by atoms with E-state index in [4.69, 9.17) is 15.2 Å². The number of pyridine rings is 1. The number of ether oxygens (including phenoxy) is 2. The maximum Gasteiger partial charge on any atom is 0.260 e. The predicted octanol–water partition coefficient (Wildman–Crippen LogP) is 2.51. The number of halogens is 1. The first kappa shape index (κ1) is 19.3. The van der Waals surface area contributed by atoms with Gasteiger partial charge < -0.3 is 20.1 Å². The standard InChI is InChI=1S/C20H18FN3O4S/c21-12-3-5-13(6-4-12)28-11-16(25)24-8-9-27-15(10-24)17-14-2-1-7-23-20(14)29-18(17)19(22)26/h1-7,15H,8-11H2,(H2,22,26)/t15-/m0/s1.